The van der Waals surface area contributed by atoms with Gasteiger partial charge in [0, 0.05) is 25.6 Å². The van der Waals surface area contributed by atoms with Crippen molar-refractivity contribution in [2.75, 3.05) is 11.9 Å². The van der Waals surface area contributed by atoms with Gasteiger partial charge in [0.2, 0.25) is 5.91 Å². The van der Waals surface area contributed by atoms with Crippen LogP contribution in [-0.2, 0) is 4.79 Å². The van der Waals surface area contributed by atoms with Gasteiger partial charge in [0.15, 0.2) is 0 Å². The standard InChI is InChI=1S/C12H14N2O/c1-10-6-3-4-7-11(10)14(2)12(15)8-5-9-13/h3-4,6-7H,5,8H2,1-2H3. The average molecular weight is 202 g/mol. The van der Waals surface area contributed by atoms with Gasteiger partial charge in [-0.2, -0.15) is 5.26 Å². The minimum atomic E-state index is -0.0224. The fourth-order valence-electron chi connectivity index (χ4n) is 1.40. The minimum Gasteiger partial charge on any atom is -0.315 e. The highest BCUT2D eigenvalue weighted by Gasteiger charge is 2.11. The van der Waals surface area contributed by atoms with Crippen molar-refractivity contribution in [3.05, 3.63) is 29.8 Å². The van der Waals surface area contributed by atoms with Crippen molar-refractivity contribution in [2.45, 2.75) is 19.8 Å². The monoisotopic (exact) mass is 202 g/mol. The molecular formula is C12H14N2O. The Kier molecular flexibility index (Phi) is 3.87. The molecule has 0 unspecified atom stereocenters. The third kappa shape index (κ3) is 2.81. The summed E-state index contributed by atoms with van der Waals surface area (Å²) in [7, 11) is 1.74. The van der Waals surface area contributed by atoms with Crippen molar-refractivity contribution < 1.29 is 4.79 Å². The number of hydrogen-bond acceptors (Lipinski definition) is 2. The van der Waals surface area contributed by atoms with E-state index in [-0.39, 0.29) is 18.7 Å². The summed E-state index contributed by atoms with van der Waals surface area (Å²) in [5.74, 6) is -0.0224. The van der Waals surface area contributed by atoms with E-state index < -0.39 is 0 Å². The Morgan fingerprint density at radius 3 is 2.73 bits per heavy atom. The molecule has 0 bridgehead atoms. The Morgan fingerprint density at radius 1 is 1.47 bits per heavy atom. The Morgan fingerprint density at radius 2 is 2.13 bits per heavy atom. The summed E-state index contributed by atoms with van der Waals surface area (Å²) >= 11 is 0. The second kappa shape index (κ2) is 5.16. The molecule has 1 aromatic rings. The van der Waals surface area contributed by atoms with Crippen LogP contribution >= 0.6 is 0 Å². The zero-order valence-corrected chi connectivity index (χ0v) is 9.03. The van der Waals surface area contributed by atoms with Gasteiger partial charge < -0.3 is 4.90 Å². The van der Waals surface area contributed by atoms with Gasteiger partial charge in [-0.05, 0) is 18.6 Å². The molecular weight excluding hydrogens is 188 g/mol. The predicted molar refractivity (Wildman–Crippen MR) is 59.4 cm³/mol. The third-order valence-corrected chi connectivity index (χ3v) is 2.30. The second-order valence-corrected chi connectivity index (χ2v) is 3.40. The van der Waals surface area contributed by atoms with Gasteiger partial charge in [-0.1, -0.05) is 18.2 Å². The zero-order chi connectivity index (χ0) is 11.3. The molecule has 0 saturated heterocycles. The van der Waals surface area contributed by atoms with Gasteiger partial charge in [0.05, 0.1) is 6.07 Å². The van der Waals surface area contributed by atoms with E-state index in [2.05, 4.69) is 0 Å². The molecule has 0 atom stereocenters. The van der Waals surface area contributed by atoms with Crippen molar-refractivity contribution in [1.82, 2.24) is 0 Å². The van der Waals surface area contributed by atoms with E-state index in [0.29, 0.717) is 0 Å². The van der Waals surface area contributed by atoms with Gasteiger partial charge in [0.25, 0.3) is 0 Å². The number of aryl methyl sites for hydroxylation is 1. The summed E-state index contributed by atoms with van der Waals surface area (Å²) < 4.78 is 0. The fourth-order valence-corrected chi connectivity index (χ4v) is 1.40. The van der Waals surface area contributed by atoms with Crippen LogP contribution < -0.4 is 4.90 Å². The van der Waals surface area contributed by atoms with Crippen LogP contribution in [0.3, 0.4) is 0 Å². The van der Waals surface area contributed by atoms with Crippen LogP contribution in [0, 0.1) is 18.3 Å². The van der Waals surface area contributed by atoms with Crippen molar-refractivity contribution >= 4 is 11.6 Å². The number of nitriles is 1. The lowest BCUT2D eigenvalue weighted by Crippen LogP contribution is -2.26. The Bertz CT molecular complexity index is 393. The number of anilines is 1. The highest BCUT2D eigenvalue weighted by Crippen LogP contribution is 2.18. The van der Waals surface area contributed by atoms with Crippen LogP contribution in [0.2, 0.25) is 0 Å². The lowest BCUT2D eigenvalue weighted by Gasteiger charge is -2.18. The second-order valence-electron chi connectivity index (χ2n) is 3.40. The molecule has 1 aromatic carbocycles. The minimum absolute atomic E-state index is 0.0224. The highest BCUT2D eigenvalue weighted by molar-refractivity contribution is 5.93. The largest absolute Gasteiger partial charge is 0.315 e. The number of amides is 1. The van der Waals surface area contributed by atoms with Crippen molar-refractivity contribution in [3.63, 3.8) is 0 Å². The maximum Gasteiger partial charge on any atom is 0.227 e. The molecule has 0 aliphatic heterocycles. The molecule has 3 heteroatoms. The van der Waals surface area contributed by atoms with Gasteiger partial charge in [-0.15, -0.1) is 0 Å². The van der Waals surface area contributed by atoms with E-state index in [0.717, 1.165) is 11.3 Å². The number of benzene rings is 1. The Hall–Kier alpha value is -1.82. The first-order chi connectivity index (χ1) is 7.16. The summed E-state index contributed by atoms with van der Waals surface area (Å²) in [5, 5.41) is 8.40. The number of hydrogen-bond donors (Lipinski definition) is 0. The summed E-state index contributed by atoms with van der Waals surface area (Å²) in [5.41, 5.74) is 1.96. The number of carbonyl (C=O) groups excluding carboxylic acids is 1. The van der Waals surface area contributed by atoms with E-state index in [1.165, 1.54) is 0 Å². The molecule has 1 amide bonds. The van der Waals surface area contributed by atoms with Crippen molar-refractivity contribution in [3.8, 4) is 6.07 Å². The Labute approximate surface area is 89.9 Å². The summed E-state index contributed by atoms with van der Waals surface area (Å²) in [6.07, 6.45) is 0.552. The Balaban J connectivity index is 2.77. The average Bonchev–Trinajstić information content (AvgIpc) is 2.25. The van der Waals surface area contributed by atoms with Crippen molar-refractivity contribution in [2.24, 2.45) is 0 Å². The molecule has 0 radical (unpaired) electrons. The first kappa shape index (κ1) is 11.3. The number of nitrogens with zero attached hydrogens (tertiary/aromatic N) is 2. The summed E-state index contributed by atoms with van der Waals surface area (Å²) in [6, 6.07) is 9.67. The molecule has 78 valence electrons. The van der Waals surface area contributed by atoms with Crippen LogP contribution in [0.25, 0.3) is 0 Å². The topological polar surface area (TPSA) is 44.1 Å². The van der Waals surface area contributed by atoms with Crippen LogP contribution in [0.15, 0.2) is 24.3 Å². The van der Waals surface area contributed by atoms with Gasteiger partial charge in [-0.3, -0.25) is 4.79 Å². The number of carbonyl (C=O) groups is 1. The zero-order valence-electron chi connectivity index (χ0n) is 9.03. The quantitative estimate of drug-likeness (QED) is 0.754. The predicted octanol–water partition coefficient (Wildman–Crippen LogP) is 2.26. The van der Waals surface area contributed by atoms with Gasteiger partial charge >= 0.3 is 0 Å². The summed E-state index contributed by atoms with van der Waals surface area (Å²) in [6.45, 7) is 1.96. The molecule has 1 rings (SSSR count). The van der Waals surface area contributed by atoms with Gasteiger partial charge in [-0.25, -0.2) is 0 Å². The molecule has 0 fully saturated rings. The third-order valence-electron chi connectivity index (χ3n) is 2.30. The van der Waals surface area contributed by atoms with Crippen LogP contribution in [0.1, 0.15) is 18.4 Å². The molecule has 3 nitrogen and oxygen atoms in total. The summed E-state index contributed by atoms with van der Waals surface area (Å²) in [4.78, 5) is 13.2. The van der Waals surface area contributed by atoms with Crippen LogP contribution in [0.4, 0.5) is 5.69 Å². The van der Waals surface area contributed by atoms with E-state index in [1.807, 2.05) is 37.3 Å². The first-order valence-electron chi connectivity index (χ1n) is 4.86. The molecule has 0 aliphatic carbocycles. The number of rotatable bonds is 3. The van der Waals surface area contributed by atoms with E-state index in [9.17, 15) is 4.79 Å². The van der Waals surface area contributed by atoms with E-state index >= 15 is 0 Å². The maximum absolute atomic E-state index is 11.6. The van der Waals surface area contributed by atoms with Crippen molar-refractivity contribution in [1.29, 1.82) is 5.26 Å². The maximum atomic E-state index is 11.6. The van der Waals surface area contributed by atoms with E-state index in [4.69, 9.17) is 5.26 Å². The lowest BCUT2D eigenvalue weighted by molar-refractivity contribution is -0.118. The molecule has 0 saturated carbocycles. The molecule has 15 heavy (non-hydrogen) atoms. The normalized spacial score (nSPS) is 9.40. The fraction of sp³-hybridized carbons (Fsp3) is 0.333. The number of para-hydroxylation sites is 1. The SMILES string of the molecule is Cc1ccccc1N(C)C(=O)CCC#N. The van der Waals surface area contributed by atoms with E-state index in [1.54, 1.807) is 11.9 Å². The van der Waals surface area contributed by atoms with Crippen LogP contribution in [-0.4, -0.2) is 13.0 Å². The first-order valence-corrected chi connectivity index (χ1v) is 4.86. The molecule has 0 aromatic heterocycles. The molecule has 0 spiro atoms. The van der Waals surface area contributed by atoms with Crippen LogP contribution in [0.5, 0.6) is 0 Å². The lowest BCUT2D eigenvalue weighted by atomic mass is 10.2. The molecule has 0 N–H and O–H groups in total. The smallest absolute Gasteiger partial charge is 0.227 e. The highest BCUT2D eigenvalue weighted by atomic mass is 16.2. The molecule has 0 aliphatic rings. The van der Waals surface area contributed by atoms with Gasteiger partial charge in [0.1, 0.15) is 0 Å². The molecule has 0 heterocycles.